The predicted molar refractivity (Wildman–Crippen MR) is 97.6 cm³/mol. The quantitative estimate of drug-likeness (QED) is 0.429. The Hall–Kier alpha value is -3.52. The second-order valence-corrected chi connectivity index (χ2v) is 6.51. The Labute approximate surface area is 150 Å². The van der Waals surface area contributed by atoms with Crippen LogP contribution in [0.1, 0.15) is 9.67 Å². The number of hydrogen-bond donors (Lipinski definition) is 1. The van der Waals surface area contributed by atoms with E-state index in [-0.39, 0.29) is 10.6 Å². The summed E-state index contributed by atoms with van der Waals surface area (Å²) in [5.41, 5.74) is 2.44. The summed E-state index contributed by atoms with van der Waals surface area (Å²) in [5.74, 6) is -1.02. The zero-order chi connectivity index (χ0) is 18.3. The molecule has 0 saturated heterocycles. The summed E-state index contributed by atoms with van der Waals surface area (Å²) in [6.07, 6.45) is 1.71. The highest BCUT2D eigenvalue weighted by Gasteiger charge is 2.21. The van der Waals surface area contributed by atoms with Crippen molar-refractivity contribution in [3.63, 3.8) is 0 Å². The number of non-ortho nitro benzene ring substituents is 1. The molecule has 4 rings (SSSR count). The van der Waals surface area contributed by atoms with Gasteiger partial charge in [-0.15, -0.1) is 0 Å². The monoisotopic (exact) mass is 365 g/mol. The third kappa shape index (κ3) is 2.62. The van der Waals surface area contributed by atoms with Gasteiger partial charge in [0.15, 0.2) is 4.96 Å². The molecule has 0 bridgehead atoms. The number of thiazole rings is 1. The number of carbonyl (C=O) groups is 1. The second kappa shape index (κ2) is 6.08. The summed E-state index contributed by atoms with van der Waals surface area (Å²) in [4.78, 5) is 27.3. The van der Waals surface area contributed by atoms with Gasteiger partial charge in [-0.05, 0) is 0 Å². The molecule has 26 heavy (non-hydrogen) atoms. The first-order valence-corrected chi connectivity index (χ1v) is 8.41. The van der Waals surface area contributed by atoms with Gasteiger partial charge in [-0.2, -0.15) is 0 Å². The van der Waals surface area contributed by atoms with Crippen LogP contribution in [0.5, 0.6) is 0 Å². The van der Waals surface area contributed by atoms with Gasteiger partial charge in [0.2, 0.25) is 0 Å². The molecule has 1 N–H and O–H groups in total. The van der Waals surface area contributed by atoms with E-state index in [0.29, 0.717) is 21.9 Å². The number of carboxylic acid groups (broad SMARTS) is 1. The molecule has 0 aliphatic rings. The van der Waals surface area contributed by atoms with Crippen LogP contribution in [-0.4, -0.2) is 25.4 Å². The van der Waals surface area contributed by atoms with Gasteiger partial charge in [0.1, 0.15) is 4.88 Å². The number of nitro groups is 1. The first-order valence-electron chi connectivity index (χ1n) is 7.60. The van der Waals surface area contributed by atoms with Crippen molar-refractivity contribution in [3.05, 3.63) is 75.8 Å². The molecule has 0 amide bonds. The van der Waals surface area contributed by atoms with Crippen molar-refractivity contribution in [1.29, 1.82) is 0 Å². The Morgan fingerprint density at radius 1 is 1.12 bits per heavy atom. The number of carboxylic acids is 1. The molecule has 128 valence electrons. The lowest BCUT2D eigenvalue weighted by Crippen LogP contribution is -1.97. The second-order valence-electron chi connectivity index (χ2n) is 5.54. The summed E-state index contributed by atoms with van der Waals surface area (Å²) >= 11 is 1.07. The number of aromatic carboxylic acids is 1. The van der Waals surface area contributed by atoms with Gasteiger partial charge in [-0.25, -0.2) is 9.78 Å². The Balaban J connectivity index is 1.92. The fraction of sp³-hybridized carbons (Fsp3) is 0. The topological polar surface area (TPSA) is 97.7 Å². The number of benzene rings is 2. The largest absolute Gasteiger partial charge is 0.477 e. The molecule has 2 aromatic heterocycles. The molecular weight excluding hydrogens is 354 g/mol. The van der Waals surface area contributed by atoms with Crippen molar-refractivity contribution < 1.29 is 14.8 Å². The number of nitrogens with zero attached hydrogens (tertiary/aromatic N) is 3. The molecule has 2 aromatic carbocycles. The third-order valence-electron chi connectivity index (χ3n) is 3.92. The van der Waals surface area contributed by atoms with E-state index in [0.717, 1.165) is 16.9 Å². The molecule has 0 fully saturated rings. The molecule has 0 unspecified atom stereocenters. The maximum atomic E-state index is 11.6. The van der Waals surface area contributed by atoms with Gasteiger partial charge in [0.05, 0.1) is 16.3 Å². The van der Waals surface area contributed by atoms with Crippen LogP contribution >= 0.6 is 11.3 Å². The predicted octanol–water partition coefficient (Wildman–Crippen LogP) is 4.34. The molecule has 0 radical (unpaired) electrons. The Morgan fingerprint density at radius 2 is 1.85 bits per heavy atom. The van der Waals surface area contributed by atoms with E-state index in [1.54, 1.807) is 22.7 Å². The Kier molecular flexibility index (Phi) is 3.74. The van der Waals surface area contributed by atoms with Crippen LogP contribution < -0.4 is 0 Å². The first-order chi connectivity index (χ1) is 12.5. The van der Waals surface area contributed by atoms with E-state index in [4.69, 9.17) is 0 Å². The summed E-state index contributed by atoms with van der Waals surface area (Å²) in [6, 6.07) is 15.4. The highest BCUT2D eigenvalue weighted by Crippen LogP contribution is 2.34. The highest BCUT2D eigenvalue weighted by atomic mass is 32.1. The van der Waals surface area contributed by atoms with E-state index in [1.165, 1.54) is 12.1 Å². The minimum absolute atomic E-state index is 0.0200. The van der Waals surface area contributed by atoms with E-state index in [9.17, 15) is 20.0 Å². The maximum absolute atomic E-state index is 11.6. The van der Waals surface area contributed by atoms with Crippen molar-refractivity contribution in [1.82, 2.24) is 9.38 Å². The van der Waals surface area contributed by atoms with Crippen molar-refractivity contribution in [3.8, 4) is 22.5 Å². The van der Waals surface area contributed by atoms with Crippen LogP contribution in [0.3, 0.4) is 0 Å². The lowest BCUT2D eigenvalue weighted by molar-refractivity contribution is -0.384. The van der Waals surface area contributed by atoms with E-state index >= 15 is 0 Å². The lowest BCUT2D eigenvalue weighted by Gasteiger charge is -2.02. The van der Waals surface area contributed by atoms with E-state index < -0.39 is 10.9 Å². The lowest BCUT2D eigenvalue weighted by atomic mass is 10.1. The smallest absolute Gasteiger partial charge is 0.348 e. The fourth-order valence-electron chi connectivity index (χ4n) is 2.77. The summed E-state index contributed by atoms with van der Waals surface area (Å²) in [5, 5.41) is 20.5. The minimum atomic E-state index is -1.02. The molecule has 2 heterocycles. The summed E-state index contributed by atoms with van der Waals surface area (Å²) in [7, 11) is 0. The molecule has 0 aliphatic heterocycles. The van der Waals surface area contributed by atoms with Crippen LogP contribution in [-0.2, 0) is 0 Å². The number of hydrogen-bond acceptors (Lipinski definition) is 5. The zero-order valence-corrected chi connectivity index (χ0v) is 14.0. The molecule has 0 saturated carbocycles. The van der Waals surface area contributed by atoms with Crippen molar-refractivity contribution in [2.24, 2.45) is 0 Å². The van der Waals surface area contributed by atoms with Gasteiger partial charge in [-0.1, -0.05) is 53.8 Å². The molecule has 0 aliphatic carbocycles. The van der Waals surface area contributed by atoms with Crippen molar-refractivity contribution >= 4 is 28.0 Å². The number of rotatable bonds is 4. The standard InChI is InChI=1S/C18H11N3O4S/c22-17(23)16-15(11-5-2-1-3-6-11)20-10-14(19-18(20)26-16)12-7-4-8-13(9-12)21(24)25/h1-10H,(H,22,23). The molecular formula is C18H11N3O4S. The number of imidazole rings is 1. The van der Waals surface area contributed by atoms with E-state index in [2.05, 4.69) is 4.98 Å². The van der Waals surface area contributed by atoms with Crippen LogP contribution in [0.25, 0.3) is 27.5 Å². The summed E-state index contributed by atoms with van der Waals surface area (Å²) < 4.78 is 1.72. The normalized spacial score (nSPS) is 10.9. The number of fused-ring (bicyclic) bond motifs is 1. The average Bonchev–Trinajstić information content (AvgIpc) is 3.20. The van der Waals surface area contributed by atoms with Gasteiger partial charge >= 0.3 is 5.97 Å². The molecule has 4 aromatic rings. The Morgan fingerprint density at radius 3 is 2.54 bits per heavy atom. The van der Waals surface area contributed by atoms with Gasteiger partial charge in [-0.3, -0.25) is 14.5 Å². The van der Waals surface area contributed by atoms with Crippen LogP contribution in [0.4, 0.5) is 5.69 Å². The first kappa shape index (κ1) is 16.0. The fourth-order valence-corrected chi connectivity index (χ4v) is 3.74. The third-order valence-corrected chi connectivity index (χ3v) is 4.96. The number of nitro benzene ring substituents is 1. The maximum Gasteiger partial charge on any atom is 0.348 e. The van der Waals surface area contributed by atoms with Crippen molar-refractivity contribution in [2.75, 3.05) is 0 Å². The Bertz CT molecular complexity index is 1150. The minimum Gasteiger partial charge on any atom is -0.477 e. The van der Waals surface area contributed by atoms with Crippen molar-refractivity contribution in [2.45, 2.75) is 0 Å². The van der Waals surface area contributed by atoms with E-state index in [1.807, 2.05) is 30.3 Å². The molecule has 7 nitrogen and oxygen atoms in total. The molecule has 8 heteroatoms. The SMILES string of the molecule is O=C(O)c1sc2nc(-c3cccc([N+](=O)[O-])c3)cn2c1-c1ccccc1. The van der Waals surface area contributed by atoms with Gasteiger partial charge in [0.25, 0.3) is 5.69 Å². The highest BCUT2D eigenvalue weighted by molar-refractivity contribution is 7.19. The van der Waals surface area contributed by atoms with Gasteiger partial charge < -0.3 is 5.11 Å². The van der Waals surface area contributed by atoms with Crippen LogP contribution in [0.2, 0.25) is 0 Å². The number of aromatic nitrogens is 2. The van der Waals surface area contributed by atoms with Crippen LogP contribution in [0, 0.1) is 10.1 Å². The zero-order valence-electron chi connectivity index (χ0n) is 13.2. The molecule has 0 atom stereocenters. The van der Waals surface area contributed by atoms with Gasteiger partial charge in [0, 0.05) is 29.5 Å². The summed E-state index contributed by atoms with van der Waals surface area (Å²) in [6.45, 7) is 0. The molecule has 0 spiro atoms. The van der Waals surface area contributed by atoms with Crippen LogP contribution in [0.15, 0.2) is 60.8 Å². The average molecular weight is 365 g/mol.